The number of hydrogen-bond acceptors (Lipinski definition) is 6. The summed E-state index contributed by atoms with van der Waals surface area (Å²) < 4.78 is 5.13. The molecule has 3 rings (SSSR count). The van der Waals surface area contributed by atoms with E-state index in [1.165, 1.54) is 12.3 Å². The lowest BCUT2D eigenvalue weighted by Gasteiger charge is -2.34. The van der Waals surface area contributed by atoms with E-state index in [0.717, 1.165) is 38.2 Å². The molecule has 1 saturated carbocycles. The number of ether oxygens (including phenoxy) is 1. The van der Waals surface area contributed by atoms with Crippen molar-refractivity contribution in [1.29, 1.82) is 0 Å². The van der Waals surface area contributed by atoms with E-state index in [2.05, 4.69) is 9.88 Å². The van der Waals surface area contributed by atoms with Crippen molar-refractivity contribution in [3.63, 3.8) is 0 Å². The number of carbonyl (C=O) groups is 1. The third-order valence-corrected chi connectivity index (χ3v) is 4.64. The Hall–Kier alpha value is -2.18. The molecule has 2 fully saturated rings. The van der Waals surface area contributed by atoms with Gasteiger partial charge in [0.25, 0.3) is 5.69 Å². The first kappa shape index (κ1) is 14.7. The molecule has 0 amide bonds. The van der Waals surface area contributed by atoms with Crippen LogP contribution >= 0.6 is 0 Å². The maximum absolute atomic E-state index is 11.9. The van der Waals surface area contributed by atoms with Crippen molar-refractivity contribution in [2.24, 2.45) is 11.3 Å². The second-order valence-electron chi connectivity index (χ2n) is 6.03. The van der Waals surface area contributed by atoms with Crippen molar-refractivity contribution in [3.8, 4) is 0 Å². The van der Waals surface area contributed by atoms with E-state index in [9.17, 15) is 14.9 Å². The van der Waals surface area contributed by atoms with Crippen LogP contribution in [0.15, 0.2) is 18.3 Å². The Morgan fingerprint density at radius 1 is 1.59 bits per heavy atom. The highest BCUT2D eigenvalue weighted by Gasteiger charge is 2.60. The highest BCUT2D eigenvalue weighted by Crippen LogP contribution is 2.58. The summed E-state index contributed by atoms with van der Waals surface area (Å²) in [7, 11) is 0. The summed E-state index contributed by atoms with van der Waals surface area (Å²) in [5, 5.41) is 10.7. The molecule has 7 nitrogen and oxygen atoms in total. The minimum Gasteiger partial charge on any atom is -0.466 e. The van der Waals surface area contributed by atoms with Gasteiger partial charge in [0.1, 0.15) is 12.0 Å². The second-order valence-corrected chi connectivity index (χ2v) is 6.03. The van der Waals surface area contributed by atoms with Gasteiger partial charge in [-0.2, -0.15) is 0 Å². The van der Waals surface area contributed by atoms with E-state index in [1.807, 2.05) is 6.92 Å². The summed E-state index contributed by atoms with van der Waals surface area (Å²) in [6.07, 6.45) is 4.18. The molecule has 1 aliphatic heterocycles. The van der Waals surface area contributed by atoms with Crippen LogP contribution in [0.5, 0.6) is 0 Å². The van der Waals surface area contributed by atoms with Gasteiger partial charge in [0, 0.05) is 24.6 Å². The number of piperidine rings is 1. The molecule has 2 atom stereocenters. The predicted molar refractivity (Wildman–Crippen MR) is 79.5 cm³/mol. The Morgan fingerprint density at radius 2 is 2.41 bits per heavy atom. The summed E-state index contributed by atoms with van der Waals surface area (Å²) in [6, 6.07) is 3.15. The van der Waals surface area contributed by atoms with Gasteiger partial charge in [0.15, 0.2) is 0 Å². The first-order chi connectivity index (χ1) is 10.6. The molecule has 2 heterocycles. The van der Waals surface area contributed by atoms with Crippen molar-refractivity contribution in [2.75, 3.05) is 24.6 Å². The summed E-state index contributed by atoms with van der Waals surface area (Å²) in [5.41, 5.74) is -0.000165. The summed E-state index contributed by atoms with van der Waals surface area (Å²) >= 11 is 0. The largest absolute Gasteiger partial charge is 0.466 e. The Balaban J connectivity index is 1.69. The number of esters is 1. The van der Waals surface area contributed by atoms with Crippen LogP contribution < -0.4 is 4.90 Å². The van der Waals surface area contributed by atoms with Crippen molar-refractivity contribution in [1.82, 2.24) is 4.98 Å². The molecule has 22 heavy (non-hydrogen) atoms. The van der Waals surface area contributed by atoms with Gasteiger partial charge in [0.2, 0.25) is 0 Å². The predicted octanol–water partition coefficient (Wildman–Crippen LogP) is 2.16. The van der Waals surface area contributed by atoms with E-state index in [0.29, 0.717) is 6.61 Å². The van der Waals surface area contributed by atoms with Crippen LogP contribution in [0.3, 0.4) is 0 Å². The fraction of sp³-hybridized carbons (Fsp3) is 0.600. The summed E-state index contributed by atoms with van der Waals surface area (Å²) in [6.45, 7) is 3.86. The summed E-state index contributed by atoms with van der Waals surface area (Å²) in [5.74, 6) is 0.633. The number of nitrogens with zero attached hydrogens (tertiary/aromatic N) is 3. The van der Waals surface area contributed by atoms with Gasteiger partial charge < -0.3 is 9.64 Å². The molecule has 1 spiro atoms. The number of anilines is 1. The van der Waals surface area contributed by atoms with E-state index in [1.54, 1.807) is 6.07 Å². The summed E-state index contributed by atoms with van der Waals surface area (Å²) in [4.78, 5) is 28.4. The molecule has 0 radical (unpaired) electrons. The van der Waals surface area contributed by atoms with E-state index >= 15 is 0 Å². The SMILES string of the molecule is CCOC(=O)C1CC12CCCN(c1ccc([N+](=O)[O-])cn1)C2. The molecule has 1 aromatic heterocycles. The molecule has 0 bridgehead atoms. The minimum absolute atomic E-state index is 0.00621. The lowest BCUT2D eigenvalue weighted by atomic mass is 9.92. The minimum atomic E-state index is -0.452. The van der Waals surface area contributed by atoms with E-state index in [4.69, 9.17) is 4.74 Å². The van der Waals surface area contributed by atoms with Gasteiger partial charge in [-0.3, -0.25) is 14.9 Å². The molecule has 1 aromatic rings. The first-order valence-corrected chi connectivity index (χ1v) is 7.58. The Kier molecular flexibility index (Phi) is 3.72. The standard InChI is InChI=1S/C15H19N3O4/c1-2-22-14(19)12-8-15(12)6-3-7-17(10-15)13-5-4-11(9-16-13)18(20)21/h4-5,9,12H,2-3,6-8,10H2,1H3. The molecule has 2 unspecified atom stereocenters. The van der Waals surface area contributed by atoms with E-state index < -0.39 is 4.92 Å². The maximum atomic E-state index is 11.9. The molecule has 118 valence electrons. The lowest BCUT2D eigenvalue weighted by molar-refractivity contribution is -0.385. The van der Waals surface area contributed by atoms with Crippen molar-refractivity contribution < 1.29 is 14.5 Å². The van der Waals surface area contributed by atoms with Crippen LogP contribution in [-0.2, 0) is 9.53 Å². The Bertz CT molecular complexity index is 589. The molecule has 0 aromatic carbocycles. The smallest absolute Gasteiger partial charge is 0.309 e. The molecule has 1 saturated heterocycles. The van der Waals surface area contributed by atoms with Gasteiger partial charge in [-0.1, -0.05) is 0 Å². The van der Waals surface area contributed by atoms with Gasteiger partial charge >= 0.3 is 5.97 Å². The maximum Gasteiger partial charge on any atom is 0.309 e. The fourth-order valence-electron chi connectivity index (χ4n) is 3.40. The van der Waals surface area contributed by atoms with Crippen LogP contribution in [0, 0.1) is 21.4 Å². The third kappa shape index (κ3) is 2.63. The van der Waals surface area contributed by atoms with Crippen LogP contribution in [0.1, 0.15) is 26.2 Å². The second kappa shape index (κ2) is 5.55. The normalized spacial score (nSPS) is 26.8. The number of rotatable bonds is 4. The zero-order valence-corrected chi connectivity index (χ0v) is 12.5. The number of pyridine rings is 1. The lowest BCUT2D eigenvalue weighted by Crippen LogP contribution is -2.38. The van der Waals surface area contributed by atoms with Crippen LogP contribution in [0.25, 0.3) is 0 Å². The average molecular weight is 305 g/mol. The van der Waals surface area contributed by atoms with Crippen LogP contribution in [-0.4, -0.2) is 35.6 Å². The number of aromatic nitrogens is 1. The quantitative estimate of drug-likeness (QED) is 0.481. The highest BCUT2D eigenvalue weighted by molar-refractivity contribution is 5.77. The van der Waals surface area contributed by atoms with Gasteiger partial charge in [-0.05, 0) is 32.3 Å². The van der Waals surface area contributed by atoms with Crippen molar-refractivity contribution >= 4 is 17.5 Å². The van der Waals surface area contributed by atoms with Crippen molar-refractivity contribution in [3.05, 3.63) is 28.4 Å². The van der Waals surface area contributed by atoms with E-state index in [-0.39, 0.29) is 23.0 Å². The number of hydrogen-bond donors (Lipinski definition) is 0. The average Bonchev–Trinajstić information content (AvgIpc) is 3.21. The molecular formula is C15H19N3O4. The molecule has 1 aliphatic carbocycles. The molecule has 7 heteroatoms. The first-order valence-electron chi connectivity index (χ1n) is 7.58. The Labute approximate surface area is 128 Å². The van der Waals surface area contributed by atoms with Crippen molar-refractivity contribution in [2.45, 2.75) is 26.2 Å². The monoisotopic (exact) mass is 305 g/mol. The molecule has 0 N–H and O–H groups in total. The zero-order chi connectivity index (χ0) is 15.7. The zero-order valence-electron chi connectivity index (χ0n) is 12.5. The number of nitro groups is 1. The third-order valence-electron chi connectivity index (χ3n) is 4.64. The van der Waals surface area contributed by atoms with Gasteiger partial charge in [-0.15, -0.1) is 0 Å². The van der Waals surface area contributed by atoms with Crippen LogP contribution in [0.2, 0.25) is 0 Å². The Morgan fingerprint density at radius 3 is 3.05 bits per heavy atom. The van der Waals surface area contributed by atoms with Gasteiger partial charge in [-0.25, -0.2) is 4.98 Å². The molecule has 2 aliphatic rings. The van der Waals surface area contributed by atoms with Crippen LogP contribution in [0.4, 0.5) is 11.5 Å². The number of carbonyl (C=O) groups excluding carboxylic acids is 1. The topological polar surface area (TPSA) is 85.6 Å². The highest BCUT2D eigenvalue weighted by atomic mass is 16.6. The van der Waals surface area contributed by atoms with Gasteiger partial charge in [0.05, 0.1) is 17.4 Å². The fourth-order valence-corrected chi connectivity index (χ4v) is 3.40. The molecular weight excluding hydrogens is 286 g/mol.